The van der Waals surface area contributed by atoms with Crippen LogP contribution in [-0.4, -0.2) is 25.0 Å². The molecule has 4 nitrogen and oxygen atoms in total. The fraction of sp³-hybridized carbons (Fsp3) is 0.500. The van der Waals surface area contributed by atoms with Crippen LogP contribution in [0.5, 0.6) is 0 Å². The van der Waals surface area contributed by atoms with E-state index in [9.17, 15) is 9.59 Å². The number of benzene rings is 1. The molecule has 0 aliphatic carbocycles. The Bertz CT molecular complexity index is 508. The molecule has 0 aromatic heterocycles. The monoisotopic (exact) mass is 312 g/mol. The molecule has 0 heterocycles. The normalized spacial score (nSPS) is 13.6. The zero-order valence-corrected chi connectivity index (χ0v) is 13.9. The van der Waals surface area contributed by atoms with Gasteiger partial charge < -0.3 is 4.74 Å². The van der Waals surface area contributed by atoms with Crippen LogP contribution in [-0.2, 0) is 27.2 Å². The average molecular weight is 313 g/mol. The van der Waals surface area contributed by atoms with Crippen LogP contribution in [0, 0.1) is 0 Å². The minimum atomic E-state index is -0.563. The second kappa shape index (κ2) is 7.57. The lowest BCUT2D eigenvalue weighted by molar-refractivity contribution is -0.145. The van der Waals surface area contributed by atoms with Gasteiger partial charge in [0.05, 0.1) is 13.5 Å². The summed E-state index contributed by atoms with van der Waals surface area (Å²) in [5, 5.41) is 0. The summed E-state index contributed by atoms with van der Waals surface area (Å²) in [5.74, 6) is -0.768. The lowest BCUT2D eigenvalue weighted by atomic mass is 10.0. The van der Waals surface area contributed by atoms with Crippen molar-refractivity contribution in [2.45, 2.75) is 40.5 Å². The topological polar surface area (TPSA) is 43.4 Å². The van der Waals surface area contributed by atoms with E-state index < -0.39 is 9.97 Å². The Morgan fingerprint density at radius 3 is 2.05 bits per heavy atom. The highest BCUT2D eigenvalue weighted by Gasteiger charge is 2.42. The Labute approximate surface area is 131 Å². The fourth-order valence-corrected chi connectivity index (χ4v) is 2.72. The van der Waals surface area contributed by atoms with Crippen LogP contribution in [0.15, 0.2) is 18.2 Å². The first-order valence-corrected chi connectivity index (χ1v) is 7.60. The summed E-state index contributed by atoms with van der Waals surface area (Å²) in [6.45, 7) is 7.20. The molecule has 0 fully saturated rings. The van der Waals surface area contributed by atoms with Gasteiger partial charge in [0.1, 0.15) is 0 Å². The molecule has 0 radical (unpaired) electrons. The van der Waals surface area contributed by atoms with Crippen LogP contribution in [0.2, 0.25) is 0 Å². The number of rotatable bonds is 6. The van der Waals surface area contributed by atoms with Crippen molar-refractivity contribution in [1.82, 2.24) is 4.00 Å². The molecule has 1 unspecified atom stereocenters. The minimum absolute atomic E-state index is 0.200. The van der Waals surface area contributed by atoms with E-state index in [-0.39, 0.29) is 19.1 Å². The number of quaternary nitrogens is 1. The van der Waals surface area contributed by atoms with Crippen molar-refractivity contribution in [2.75, 3.05) is 13.2 Å². The molecular weight excluding hydrogens is 290 g/mol. The third-order valence-corrected chi connectivity index (χ3v) is 4.00. The highest BCUT2D eigenvalue weighted by molar-refractivity contribution is 6.32. The molecular formula is C16H23ClNO3+. The largest absolute Gasteiger partial charge is 0.462 e. The molecule has 5 heteroatoms. The molecule has 0 saturated carbocycles. The first-order valence-electron chi connectivity index (χ1n) is 7.26. The zero-order valence-electron chi connectivity index (χ0n) is 13.1. The SMILES string of the molecule is CCOC(=O)C[N+](Cl)(C(C)=O)c1c(CC)cccc1CC. The molecule has 21 heavy (non-hydrogen) atoms. The molecule has 0 aliphatic rings. The number of hydrogen-bond donors (Lipinski definition) is 0. The Hall–Kier alpha value is -1.39. The lowest BCUT2D eigenvalue weighted by Gasteiger charge is -2.27. The van der Waals surface area contributed by atoms with Crippen LogP contribution in [0.4, 0.5) is 5.69 Å². The molecule has 1 aromatic rings. The summed E-state index contributed by atoms with van der Waals surface area (Å²) in [5.41, 5.74) is 2.66. The smallest absolute Gasteiger partial charge is 0.364 e. The molecule has 1 atom stereocenters. The van der Waals surface area contributed by atoms with E-state index in [0.717, 1.165) is 24.0 Å². The van der Waals surface area contributed by atoms with E-state index in [4.69, 9.17) is 16.5 Å². The minimum Gasteiger partial charge on any atom is -0.462 e. The number of esters is 1. The van der Waals surface area contributed by atoms with Crippen LogP contribution in [0.1, 0.15) is 38.8 Å². The Balaban J connectivity index is 3.40. The highest BCUT2D eigenvalue weighted by Crippen LogP contribution is 2.35. The summed E-state index contributed by atoms with van der Waals surface area (Å²) in [6, 6.07) is 5.84. The van der Waals surface area contributed by atoms with Crippen LogP contribution < -0.4 is 4.00 Å². The second-order valence-corrected chi connectivity index (χ2v) is 5.41. The van der Waals surface area contributed by atoms with Crippen LogP contribution in [0.25, 0.3) is 0 Å². The molecule has 0 spiro atoms. The Kier molecular flexibility index (Phi) is 6.37. The van der Waals surface area contributed by atoms with Crippen molar-refractivity contribution in [3.05, 3.63) is 29.3 Å². The summed E-state index contributed by atoms with van der Waals surface area (Å²) < 4.78 is 4.40. The maximum absolute atomic E-state index is 12.2. The summed E-state index contributed by atoms with van der Waals surface area (Å²) in [4.78, 5) is 24.0. The van der Waals surface area contributed by atoms with Crippen molar-refractivity contribution in [1.29, 1.82) is 0 Å². The Morgan fingerprint density at radius 2 is 1.67 bits per heavy atom. The predicted octanol–water partition coefficient (Wildman–Crippen LogP) is 3.38. The number of halogens is 1. The van der Waals surface area contributed by atoms with Crippen LogP contribution >= 0.6 is 11.8 Å². The third-order valence-electron chi connectivity index (χ3n) is 3.47. The first-order chi connectivity index (χ1) is 9.90. The molecule has 1 amide bonds. The fourth-order valence-electron chi connectivity index (χ4n) is 2.40. The van der Waals surface area contributed by atoms with Gasteiger partial charge in [-0.2, -0.15) is 0 Å². The van der Waals surface area contributed by atoms with Crippen molar-refractivity contribution < 1.29 is 14.3 Å². The van der Waals surface area contributed by atoms with Gasteiger partial charge in [-0.3, -0.25) is 0 Å². The lowest BCUT2D eigenvalue weighted by Crippen LogP contribution is -2.49. The Morgan fingerprint density at radius 1 is 1.14 bits per heavy atom. The van der Waals surface area contributed by atoms with Gasteiger partial charge >= 0.3 is 11.9 Å². The number of carbonyl (C=O) groups is 2. The number of nitrogens with zero attached hydrogens (tertiary/aromatic N) is 1. The number of aryl methyl sites for hydroxylation is 2. The highest BCUT2D eigenvalue weighted by atomic mass is 35.5. The van der Waals surface area contributed by atoms with E-state index in [1.165, 1.54) is 6.92 Å². The van der Waals surface area contributed by atoms with Gasteiger partial charge in [0.15, 0.2) is 17.5 Å². The number of ether oxygens (including phenoxy) is 1. The number of hydrogen-bond acceptors (Lipinski definition) is 3. The molecule has 0 N–H and O–H groups in total. The predicted molar refractivity (Wildman–Crippen MR) is 85.0 cm³/mol. The second-order valence-electron chi connectivity index (χ2n) is 4.83. The summed E-state index contributed by atoms with van der Waals surface area (Å²) in [7, 11) is 0. The molecule has 1 aromatic carbocycles. The van der Waals surface area contributed by atoms with E-state index in [1.807, 2.05) is 32.0 Å². The third kappa shape index (κ3) is 3.83. The van der Waals surface area contributed by atoms with Crippen molar-refractivity contribution in [3.8, 4) is 0 Å². The van der Waals surface area contributed by atoms with Gasteiger partial charge in [-0.05, 0) is 19.8 Å². The van der Waals surface area contributed by atoms with E-state index >= 15 is 0 Å². The van der Waals surface area contributed by atoms with Gasteiger partial charge in [-0.25, -0.2) is 9.59 Å². The number of para-hydroxylation sites is 1. The van der Waals surface area contributed by atoms with E-state index in [2.05, 4.69) is 0 Å². The summed E-state index contributed by atoms with van der Waals surface area (Å²) >= 11 is 6.59. The molecule has 0 aliphatic heterocycles. The molecule has 0 bridgehead atoms. The van der Waals surface area contributed by atoms with Gasteiger partial charge in [0, 0.05) is 11.1 Å². The maximum Gasteiger partial charge on any atom is 0.364 e. The van der Waals surface area contributed by atoms with E-state index in [0.29, 0.717) is 5.69 Å². The molecule has 1 rings (SSSR count). The van der Waals surface area contributed by atoms with Crippen LogP contribution in [0.3, 0.4) is 0 Å². The van der Waals surface area contributed by atoms with Gasteiger partial charge in [0.25, 0.3) is 0 Å². The summed E-state index contributed by atoms with van der Waals surface area (Å²) in [6.07, 6.45) is 1.48. The molecule has 116 valence electrons. The van der Waals surface area contributed by atoms with Gasteiger partial charge in [0.2, 0.25) is 6.54 Å². The van der Waals surface area contributed by atoms with Crippen molar-refractivity contribution >= 4 is 29.3 Å². The maximum atomic E-state index is 12.2. The van der Waals surface area contributed by atoms with Crippen molar-refractivity contribution in [3.63, 3.8) is 0 Å². The number of amides is 1. The van der Waals surface area contributed by atoms with Gasteiger partial charge in [-0.1, -0.05) is 32.0 Å². The van der Waals surface area contributed by atoms with Crippen molar-refractivity contribution in [2.24, 2.45) is 0 Å². The van der Waals surface area contributed by atoms with E-state index in [1.54, 1.807) is 6.92 Å². The van der Waals surface area contributed by atoms with Gasteiger partial charge in [-0.15, -0.1) is 4.00 Å². The molecule has 0 saturated heterocycles. The zero-order chi connectivity index (χ0) is 16.0. The number of carbonyl (C=O) groups excluding carboxylic acids is 2. The quantitative estimate of drug-likeness (QED) is 0.597. The first kappa shape index (κ1) is 17.7. The standard InChI is InChI=1S/C16H23ClNO3/c1-5-13-9-8-10-14(6-2)16(13)18(17,12(4)19)11-15(20)21-7-3/h8-10H,5-7,11H2,1-4H3/q+1. The average Bonchev–Trinajstić information content (AvgIpc) is 2.46.